The van der Waals surface area contributed by atoms with Gasteiger partial charge in [-0.15, -0.1) is 0 Å². The molecular weight excluding hydrogens is 287 g/mol. The first-order chi connectivity index (χ1) is 10.4. The first kappa shape index (κ1) is 18.1. The van der Waals surface area contributed by atoms with E-state index in [1.54, 1.807) is 0 Å². The Morgan fingerprint density at radius 3 is 2.36 bits per heavy atom. The van der Waals surface area contributed by atoms with Gasteiger partial charge in [0.25, 0.3) is 0 Å². The molecule has 22 heavy (non-hydrogen) atoms. The van der Waals surface area contributed by atoms with Gasteiger partial charge in [-0.3, -0.25) is 9.59 Å². The summed E-state index contributed by atoms with van der Waals surface area (Å²) in [6.45, 7) is 3.91. The summed E-state index contributed by atoms with van der Waals surface area (Å²) in [6.07, 6.45) is 2.66. The average molecular weight is 310 g/mol. The van der Waals surface area contributed by atoms with Crippen LogP contribution in [-0.2, 0) is 9.59 Å². The van der Waals surface area contributed by atoms with Gasteiger partial charge in [-0.2, -0.15) is 0 Å². The molecule has 0 saturated carbocycles. The van der Waals surface area contributed by atoms with Crippen LogP contribution in [0.5, 0.6) is 0 Å². The number of carbonyl (C=O) groups is 2. The van der Waals surface area contributed by atoms with Gasteiger partial charge in [-0.25, -0.2) is 4.39 Å². The highest BCUT2D eigenvalue weighted by molar-refractivity contribution is 6.39. The Morgan fingerprint density at radius 1 is 1.18 bits per heavy atom. The maximum atomic E-state index is 13.0. The second-order valence-electron chi connectivity index (χ2n) is 5.37. The predicted molar refractivity (Wildman–Crippen MR) is 82.8 cm³/mol. The summed E-state index contributed by atoms with van der Waals surface area (Å²) < 4.78 is 13.0. The van der Waals surface area contributed by atoms with Crippen LogP contribution in [-0.4, -0.2) is 29.1 Å². The quantitative estimate of drug-likeness (QED) is 0.676. The highest BCUT2D eigenvalue weighted by Gasteiger charge is 2.26. The zero-order valence-corrected chi connectivity index (χ0v) is 13.0. The van der Waals surface area contributed by atoms with Crippen molar-refractivity contribution in [1.82, 2.24) is 5.32 Å². The summed E-state index contributed by atoms with van der Waals surface area (Å²) in [4.78, 5) is 23.5. The zero-order valence-electron chi connectivity index (χ0n) is 13.0. The van der Waals surface area contributed by atoms with E-state index in [9.17, 15) is 19.1 Å². The lowest BCUT2D eigenvalue weighted by molar-refractivity contribution is -0.137. The third-order valence-corrected chi connectivity index (χ3v) is 3.30. The lowest BCUT2D eigenvalue weighted by Crippen LogP contribution is -2.46. The van der Waals surface area contributed by atoms with E-state index >= 15 is 0 Å². The Balaban J connectivity index is 2.55. The van der Waals surface area contributed by atoms with Crippen LogP contribution in [0, 0.1) is 5.82 Å². The first-order valence-electron chi connectivity index (χ1n) is 7.47. The molecule has 0 saturated heterocycles. The third-order valence-electron chi connectivity index (χ3n) is 3.30. The molecule has 1 aromatic carbocycles. The lowest BCUT2D eigenvalue weighted by Gasteiger charge is -2.27. The molecule has 0 spiro atoms. The van der Waals surface area contributed by atoms with Crippen LogP contribution in [0.2, 0.25) is 0 Å². The monoisotopic (exact) mass is 310 g/mol. The number of nitrogens with one attached hydrogen (secondary N) is 2. The van der Waals surface area contributed by atoms with Crippen molar-refractivity contribution in [3.8, 4) is 0 Å². The van der Waals surface area contributed by atoms with Gasteiger partial charge in [0.2, 0.25) is 0 Å². The van der Waals surface area contributed by atoms with Gasteiger partial charge in [-0.1, -0.05) is 32.8 Å². The SMILES string of the molecule is CCCC(O)(CCC)CNC(=O)C(=O)Nc1cccc(F)c1. The van der Waals surface area contributed by atoms with Crippen LogP contribution in [0.1, 0.15) is 39.5 Å². The molecule has 0 aliphatic rings. The van der Waals surface area contributed by atoms with E-state index in [-0.39, 0.29) is 12.2 Å². The first-order valence-corrected chi connectivity index (χ1v) is 7.47. The van der Waals surface area contributed by atoms with E-state index in [2.05, 4.69) is 10.6 Å². The standard InChI is InChI=1S/C16H23FN2O3/c1-3-8-16(22,9-4-2)11-18-14(20)15(21)19-13-7-5-6-12(17)10-13/h5-7,10,22H,3-4,8-9,11H2,1-2H3,(H,18,20)(H,19,21). The van der Waals surface area contributed by atoms with Gasteiger partial charge in [0.05, 0.1) is 5.60 Å². The number of amides is 2. The Hall–Kier alpha value is -1.95. The van der Waals surface area contributed by atoms with Crippen molar-refractivity contribution in [2.75, 3.05) is 11.9 Å². The molecule has 0 heterocycles. The van der Waals surface area contributed by atoms with Crippen molar-refractivity contribution in [2.45, 2.75) is 45.1 Å². The molecule has 0 unspecified atom stereocenters. The summed E-state index contributed by atoms with van der Waals surface area (Å²) in [5.41, 5.74) is -0.796. The highest BCUT2D eigenvalue weighted by Crippen LogP contribution is 2.18. The Kier molecular flexibility index (Phi) is 6.98. The largest absolute Gasteiger partial charge is 0.388 e. The van der Waals surface area contributed by atoms with E-state index in [0.717, 1.165) is 18.9 Å². The summed E-state index contributed by atoms with van der Waals surface area (Å²) in [7, 11) is 0. The second-order valence-corrected chi connectivity index (χ2v) is 5.37. The van der Waals surface area contributed by atoms with Crippen LogP contribution in [0.25, 0.3) is 0 Å². The molecule has 0 bridgehead atoms. The molecule has 0 aliphatic heterocycles. The second kappa shape index (κ2) is 8.48. The van der Waals surface area contributed by atoms with Crippen molar-refractivity contribution in [2.24, 2.45) is 0 Å². The molecule has 6 heteroatoms. The predicted octanol–water partition coefficient (Wildman–Crippen LogP) is 2.21. The number of anilines is 1. The fourth-order valence-corrected chi connectivity index (χ4v) is 2.31. The van der Waals surface area contributed by atoms with Gasteiger partial charge in [0.15, 0.2) is 0 Å². The molecule has 1 aromatic rings. The van der Waals surface area contributed by atoms with Crippen molar-refractivity contribution in [3.05, 3.63) is 30.1 Å². The number of benzene rings is 1. The summed E-state index contributed by atoms with van der Waals surface area (Å²) in [5.74, 6) is -2.24. The smallest absolute Gasteiger partial charge is 0.313 e. The number of aliphatic hydroxyl groups is 1. The zero-order chi connectivity index (χ0) is 16.6. The number of rotatable bonds is 7. The van der Waals surface area contributed by atoms with Gasteiger partial charge >= 0.3 is 11.8 Å². The minimum atomic E-state index is -1.00. The molecule has 0 aliphatic carbocycles. The Labute approximate surface area is 129 Å². The van der Waals surface area contributed by atoms with E-state index in [0.29, 0.717) is 12.8 Å². The molecule has 0 atom stereocenters. The number of halogens is 1. The van der Waals surface area contributed by atoms with Crippen LogP contribution < -0.4 is 10.6 Å². The van der Waals surface area contributed by atoms with E-state index in [1.165, 1.54) is 18.2 Å². The minimum absolute atomic E-state index is 0.0179. The summed E-state index contributed by atoms with van der Waals surface area (Å²) in [6, 6.07) is 5.28. The lowest BCUT2D eigenvalue weighted by atomic mass is 9.92. The Bertz CT molecular complexity index is 514. The minimum Gasteiger partial charge on any atom is -0.388 e. The molecule has 0 radical (unpaired) electrons. The van der Waals surface area contributed by atoms with E-state index in [1.807, 2.05) is 13.8 Å². The fraction of sp³-hybridized carbons (Fsp3) is 0.500. The molecule has 0 aromatic heterocycles. The molecule has 2 amide bonds. The third kappa shape index (κ3) is 5.81. The normalized spacial score (nSPS) is 11.1. The van der Waals surface area contributed by atoms with Gasteiger partial charge in [-0.05, 0) is 31.0 Å². The van der Waals surface area contributed by atoms with E-state index in [4.69, 9.17) is 0 Å². The number of hydrogen-bond acceptors (Lipinski definition) is 3. The number of hydrogen-bond donors (Lipinski definition) is 3. The van der Waals surface area contributed by atoms with Crippen molar-refractivity contribution < 1.29 is 19.1 Å². The van der Waals surface area contributed by atoms with Crippen molar-refractivity contribution >= 4 is 17.5 Å². The topological polar surface area (TPSA) is 78.4 Å². The van der Waals surface area contributed by atoms with E-state index < -0.39 is 23.2 Å². The summed E-state index contributed by atoms with van der Waals surface area (Å²) in [5, 5.41) is 15.1. The van der Waals surface area contributed by atoms with Gasteiger partial charge in [0, 0.05) is 12.2 Å². The van der Waals surface area contributed by atoms with Gasteiger partial charge < -0.3 is 15.7 Å². The fourth-order valence-electron chi connectivity index (χ4n) is 2.31. The maximum Gasteiger partial charge on any atom is 0.313 e. The van der Waals surface area contributed by atoms with Crippen LogP contribution in [0.3, 0.4) is 0 Å². The molecule has 0 fully saturated rings. The molecule has 1 rings (SSSR count). The maximum absolute atomic E-state index is 13.0. The molecule has 122 valence electrons. The highest BCUT2D eigenvalue weighted by atomic mass is 19.1. The summed E-state index contributed by atoms with van der Waals surface area (Å²) >= 11 is 0. The average Bonchev–Trinajstić information content (AvgIpc) is 2.45. The molecule has 3 N–H and O–H groups in total. The molecule has 5 nitrogen and oxygen atoms in total. The number of carbonyl (C=O) groups excluding carboxylic acids is 2. The Morgan fingerprint density at radius 2 is 1.82 bits per heavy atom. The van der Waals surface area contributed by atoms with Crippen molar-refractivity contribution in [1.29, 1.82) is 0 Å². The van der Waals surface area contributed by atoms with Gasteiger partial charge in [0.1, 0.15) is 5.82 Å². The van der Waals surface area contributed by atoms with Crippen molar-refractivity contribution in [3.63, 3.8) is 0 Å². The van der Waals surface area contributed by atoms with Crippen LogP contribution in [0.15, 0.2) is 24.3 Å². The van der Waals surface area contributed by atoms with Crippen LogP contribution >= 0.6 is 0 Å². The molecular formula is C16H23FN2O3. The van der Waals surface area contributed by atoms with Crippen LogP contribution in [0.4, 0.5) is 10.1 Å².